The number of nitrogens with one attached hydrogen (secondary N) is 2. The Bertz CT molecular complexity index is 1580. The summed E-state index contributed by atoms with van der Waals surface area (Å²) in [5.74, 6) is 0.814. The number of amides is 1. The molecule has 1 saturated heterocycles. The monoisotopic (exact) mass is 525 g/mol. The van der Waals surface area contributed by atoms with Crippen molar-refractivity contribution >= 4 is 28.5 Å². The zero-order chi connectivity index (χ0) is 26.8. The van der Waals surface area contributed by atoms with Crippen LogP contribution in [0.4, 0.5) is 15.9 Å². The number of H-pyrrole nitrogens is 1. The van der Waals surface area contributed by atoms with E-state index in [9.17, 15) is 9.18 Å². The molecule has 4 heterocycles. The molecule has 0 saturated carbocycles. The number of hydrogen-bond donors (Lipinski definition) is 3. The molecular weight excluding hydrogens is 497 g/mol. The molecule has 1 atom stereocenters. The minimum absolute atomic E-state index is 0.297. The van der Waals surface area contributed by atoms with Crippen molar-refractivity contribution in [3.05, 3.63) is 78.9 Å². The minimum Gasteiger partial charge on any atom is -0.437 e. The van der Waals surface area contributed by atoms with E-state index in [1.165, 1.54) is 24.9 Å². The van der Waals surface area contributed by atoms with Crippen LogP contribution < -0.4 is 16.0 Å². The van der Waals surface area contributed by atoms with Gasteiger partial charge in [-0.3, -0.25) is 4.79 Å². The molecule has 1 aliphatic heterocycles. The Labute approximate surface area is 224 Å². The Balaban J connectivity index is 1.35. The summed E-state index contributed by atoms with van der Waals surface area (Å²) in [6.07, 6.45) is 8.47. The molecule has 39 heavy (non-hydrogen) atoms. The molecule has 2 aromatic carbocycles. The van der Waals surface area contributed by atoms with Crippen molar-refractivity contribution in [3.8, 4) is 22.5 Å². The van der Waals surface area contributed by atoms with Crippen molar-refractivity contribution in [3.63, 3.8) is 0 Å². The Morgan fingerprint density at radius 2 is 1.79 bits per heavy atom. The second-order valence-electron chi connectivity index (χ2n) is 9.69. The van der Waals surface area contributed by atoms with Crippen LogP contribution in [0.25, 0.3) is 33.6 Å². The van der Waals surface area contributed by atoms with Crippen LogP contribution in [0.2, 0.25) is 0 Å². The maximum Gasteiger partial charge on any atom is 0.241 e. The lowest BCUT2D eigenvalue weighted by atomic mass is 9.98. The van der Waals surface area contributed by atoms with Crippen LogP contribution in [0.1, 0.15) is 25.0 Å². The van der Waals surface area contributed by atoms with Crippen LogP contribution in [0.5, 0.6) is 0 Å². The van der Waals surface area contributed by atoms with E-state index in [0.717, 1.165) is 59.5 Å². The number of anilines is 2. The number of benzene rings is 2. The fourth-order valence-corrected chi connectivity index (χ4v) is 5.02. The van der Waals surface area contributed by atoms with Crippen molar-refractivity contribution in [1.82, 2.24) is 19.9 Å². The highest BCUT2D eigenvalue weighted by Crippen LogP contribution is 2.44. The van der Waals surface area contributed by atoms with Crippen LogP contribution in [-0.2, 0) is 11.2 Å². The largest absolute Gasteiger partial charge is 0.437 e. The van der Waals surface area contributed by atoms with Crippen molar-refractivity contribution in [1.29, 1.82) is 0 Å². The van der Waals surface area contributed by atoms with Gasteiger partial charge in [-0.05, 0) is 61.2 Å². The third kappa shape index (κ3) is 5.10. The molecule has 10 heteroatoms. The summed E-state index contributed by atoms with van der Waals surface area (Å²) in [6.45, 7) is 1.82. The third-order valence-corrected chi connectivity index (χ3v) is 7.00. The van der Waals surface area contributed by atoms with E-state index in [1.54, 1.807) is 36.8 Å². The SMILES string of the molecule is NC(Cc1cnc[nH]1)C(=O)Nc1ccc(-c2oc3ncnc(N4CCCCC4)c3c2-c2ccc(F)cc2)cc1. The lowest BCUT2D eigenvalue weighted by molar-refractivity contribution is -0.117. The number of halogens is 1. The number of fused-ring (bicyclic) bond motifs is 1. The van der Waals surface area contributed by atoms with E-state index < -0.39 is 6.04 Å². The molecule has 9 nitrogen and oxygen atoms in total. The normalized spacial score (nSPS) is 14.5. The quantitative estimate of drug-likeness (QED) is 0.275. The van der Waals surface area contributed by atoms with E-state index in [-0.39, 0.29) is 11.7 Å². The Hall–Kier alpha value is -4.57. The molecule has 1 aliphatic rings. The molecule has 0 aliphatic carbocycles. The number of rotatable bonds is 7. The first-order valence-corrected chi connectivity index (χ1v) is 13.0. The molecule has 1 fully saturated rings. The standard InChI is InChI=1S/C29H28FN7O2/c30-20-8-4-18(5-9-20)24-25-27(37-12-2-1-3-13-37)34-17-35-29(25)39-26(24)19-6-10-21(11-7-19)36-28(38)23(31)14-22-15-32-16-33-22/h4-11,15-17,23H,1-3,12-14,31H2,(H,32,33)(H,36,38). The molecule has 0 bridgehead atoms. The Morgan fingerprint density at radius 3 is 2.51 bits per heavy atom. The van der Waals surface area contributed by atoms with Crippen LogP contribution in [-0.4, -0.2) is 45.0 Å². The smallest absolute Gasteiger partial charge is 0.241 e. The number of carbonyl (C=O) groups excluding carboxylic acids is 1. The molecule has 4 N–H and O–H groups in total. The summed E-state index contributed by atoms with van der Waals surface area (Å²) in [5.41, 5.74) is 10.3. The molecule has 0 radical (unpaired) electrons. The van der Waals surface area contributed by atoms with Crippen molar-refractivity contribution < 1.29 is 13.6 Å². The van der Waals surface area contributed by atoms with Crippen molar-refractivity contribution in [2.75, 3.05) is 23.3 Å². The molecule has 1 unspecified atom stereocenters. The fourth-order valence-electron chi connectivity index (χ4n) is 5.02. The average Bonchev–Trinajstić information content (AvgIpc) is 3.62. The molecule has 1 amide bonds. The van der Waals surface area contributed by atoms with Crippen LogP contribution >= 0.6 is 0 Å². The maximum absolute atomic E-state index is 13.8. The highest BCUT2D eigenvalue weighted by atomic mass is 19.1. The summed E-state index contributed by atoms with van der Waals surface area (Å²) in [7, 11) is 0. The molecule has 5 aromatic rings. The van der Waals surface area contributed by atoms with E-state index >= 15 is 0 Å². The van der Waals surface area contributed by atoms with Gasteiger partial charge >= 0.3 is 0 Å². The maximum atomic E-state index is 13.8. The van der Waals surface area contributed by atoms with Crippen LogP contribution in [0.15, 0.2) is 71.8 Å². The number of aromatic amines is 1. The number of furan rings is 1. The molecule has 6 rings (SSSR count). The highest BCUT2D eigenvalue weighted by Gasteiger charge is 2.25. The van der Waals surface area contributed by atoms with Crippen molar-refractivity contribution in [2.24, 2.45) is 5.73 Å². The summed E-state index contributed by atoms with van der Waals surface area (Å²) >= 11 is 0. The van der Waals surface area contributed by atoms with E-state index in [4.69, 9.17) is 10.2 Å². The number of nitrogens with zero attached hydrogens (tertiary/aromatic N) is 4. The summed E-state index contributed by atoms with van der Waals surface area (Å²) < 4.78 is 20.2. The number of nitrogens with two attached hydrogens (primary N) is 1. The number of aromatic nitrogens is 4. The van der Waals surface area contributed by atoms with Gasteiger partial charge in [0.15, 0.2) is 0 Å². The second kappa shape index (κ2) is 10.7. The lowest BCUT2D eigenvalue weighted by Gasteiger charge is -2.28. The van der Waals surface area contributed by atoms with Crippen LogP contribution in [0.3, 0.4) is 0 Å². The van der Waals surface area contributed by atoms with E-state index in [2.05, 4.69) is 30.2 Å². The van der Waals surface area contributed by atoms with E-state index in [1.807, 2.05) is 12.1 Å². The fraction of sp³-hybridized carbons (Fsp3) is 0.241. The van der Waals surface area contributed by atoms with Gasteiger partial charge in [-0.15, -0.1) is 0 Å². The van der Waals surface area contributed by atoms with Gasteiger partial charge in [0.1, 0.15) is 23.7 Å². The minimum atomic E-state index is -0.725. The number of hydrogen-bond acceptors (Lipinski definition) is 7. The predicted molar refractivity (Wildman–Crippen MR) is 148 cm³/mol. The summed E-state index contributed by atoms with van der Waals surface area (Å²) in [5, 5.41) is 3.67. The highest BCUT2D eigenvalue weighted by molar-refractivity contribution is 6.06. The Morgan fingerprint density at radius 1 is 1.05 bits per heavy atom. The summed E-state index contributed by atoms with van der Waals surface area (Å²) in [4.78, 5) is 30.9. The molecule has 3 aromatic heterocycles. The zero-order valence-electron chi connectivity index (χ0n) is 21.2. The first-order chi connectivity index (χ1) is 19.1. The number of carbonyl (C=O) groups is 1. The molecule has 198 valence electrons. The van der Waals surface area contributed by atoms with Gasteiger partial charge in [-0.1, -0.05) is 12.1 Å². The van der Waals surface area contributed by atoms with E-state index in [0.29, 0.717) is 23.6 Å². The second-order valence-corrected chi connectivity index (χ2v) is 9.69. The van der Waals surface area contributed by atoms with Gasteiger partial charge in [0, 0.05) is 48.2 Å². The van der Waals surface area contributed by atoms with Gasteiger partial charge in [0.25, 0.3) is 0 Å². The summed E-state index contributed by atoms with van der Waals surface area (Å²) in [6, 6.07) is 13.0. The third-order valence-electron chi connectivity index (χ3n) is 7.00. The number of piperidine rings is 1. The van der Waals surface area contributed by atoms with Gasteiger partial charge in [0.2, 0.25) is 11.6 Å². The van der Waals surface area contributed by atoms with Gasteiger partial charge < -0.3 is 25.4 Å². The van der Waals surface area contributed by atoms with Crippen molar-refractivity contribution in [2.45, 2.75) is 31.7 Å². The molecule has 0 spiro atoms. The first kappa shape index (κ1) is 24.7. The average molecular weight is 526 g/mol. The number of imidazole rings is 1. The lowest BCUT2D eigenvalue weighted by Crippen LogP contribution is -2.37. The van der Waals surface area contributed by atoms with Gasteiger partial charge in [-0.25, -0.2) is 19.3 Å². The zero-order valence-corrected chi connectivity index (χ0v) is 21.2. The first-order valence-electron chi connectivity index (χ1n) is 13.0. The topological polar surface area (TPSA) is 126 Å². The Kier molecular flexibility index (Phi) is 6.76. The van der Waals surface area contributed by atoms with Gasteiger partial charge in [0.05, 0.1) is 17.8 Å². The van der Waals surface area contributed by atoms with Crippen LogP contribution in [0, 0.1) is 5.82 Å². The van der Waals surface area contributed by atoms with Gasteiger partial charge in [-0.2, -0.15) is 0 Å². The molecular formula is C29H28FN7O2. The predicted octanol–water partition coefficient (Wildman–Crippen LogP) is 4.92.